The van der Waals surface area contributed by atoms with Crippen molar-refractivity contribution in [1.29, 1.82) is 5.26 Å². The molecular weight excluding hydrogens is 228 g/mol. The molecule has 0 fully saturated rings. The van der Waals surface area contributed by atoms with E-state index in [1.165, 1.54) is 0 Å². The topological polar surface area (TPSA) is 80.8 Å². The highest BCUT2D eigenvalue weighted by Crippen LogP contribution is 2.22. The number of anilines is 1. The highest BCUT2D eigenvalue weighted by molar-refractivity contribution is 5.84. The highest BCUT2D eigenvalue weighted by Gasteiger charge is 2.11. The third-order valence-corrected chi connectivity index (χ3v) is 2.85. The van der Waals surface area contributed by atoms with Crippen molar-refractivity contribution in [3.8, 4) is 6.07 Å². The molecule has 0 amide bonds. The lowest BCUT2D eigenvalue weighted by molar-refractivity contribution is 0.562. The summed E-state index contributed by atoms with van der Waals surface area (Å²) >= 11 is 0. The monoisotopic (exact) mass is 238 g/mol. The summed E-state index contributed by atoms with van der Waals surface area (Å²) < 4.78 is 6.90. The second kappa shape index (κ2) is 3.93. The predicted octanol–water partition coefficient (Wildman–Crippen LogP) is 2.13. The maximum absolute atomic E-state index is 9.04. The van der Waals surface area contributed by atoms with Crippen LogP contribution in [0.5, 0.6) is 0 Å². The molecule has 5 nitrogen and oxygen atoms in total. The number of furan rings is 1. The molecule has 0 spiro atoms. The molecule has 0 aliphatic carbocycles. The smallest absolute Gasteiger partial charge is 0.201 e. The molecule has 0 radical (unpaired) electrons. The van der Waals surface area contributed by atoms with Crippen LogP contribution in [0.4, 0.5) is 5.95 Å². The van der Waals surface area contributed by atoms with Gasteiger partial charge in [-0.1, -0.05) is 6.07 Å². The van der Waals surface area contributed by atoms with E-state index >= 15 is 0 Å². The summed E-state index contributed by atoms with van der Waals surface area (Å²) in [6.45, 7) is 0.577. The molecule has 0 aliphatic rings. The van der Waals surface area contributed by atoms with Crippen LogP contribution in [0, 0.1) is 11.3 Å². The van der Waals surface area contributed by atoms with Gasteiger partial charge in [-0.15, -0.1) is 0 Å². The first kappa shape index (κ1) is 10.4. The summed E-state index contributed by atoms with van der Waals surface area (Å²) in [6, 6.07) is 9.46. The maximum Gasteiger partial charge on any atom is 0.201 e. The SMILES string of the molecule is N#Cc1cccc2c1nc(N)n2Cc1ccoc1. The first-order valence-corrected chi connectivity index (χ1v) is 5.45. The zero-order valence-corrected chi connectivity index (χ0v) is 9.50. The van der Waals surface area contributed by atoms with Gasteiger partial charge in [0.1, 0.15) is 11.6 Å². The van der Waals surface area contributed by atoms with Crippen LogP contribution in [0.1, 0.15) is 11.1 Å². The minimum atomic E-state index is 0.397. The fraction of sp³-hybridized carbons (Fsp3) is 0.0769. The Morgan fingerprint density at radius 3 is 3.00 bits per heavy atom. The number of benzene rings is 1. The molecule has 5 heteroatoms. The van der Waals surface area contributed by atoms with Crippen LogP contribution in [0.15, 0.2) is 41.2 Å². The molecule has 3 aromatic rings. The second-order valence-electron chi connectivity index (χ2n) is 3.97. The lowest BCUT2D eigenvalue weighted by Crippen LogP contribution is -2.03. The number of imidazole rings is 1. The van der Waals surface area contributed by atoms with Crippen molar-refractivity contribution < 1.29 is 4.42 Å². The number of nitriles is 1. The second-order valence-corrected chi connectivity index (χ2v) is 3.97. The number of aromatic nitrogens is 2. The minimum Gasteiger partial charge on any atom is -0.472 e. The number of nitrogen functional groups attached to an aromatic ring is 1. The number of para-hydroxylation sites is 1. The molecule has 0 bridgehead atoms. The van der Waals surface area contributed by atoms with Crippen LogP contribution in [0.25, 0.3) is 11.0 Å². The molecule has 3 rings (SSSR count). The van der Waals surface area contributed by atoms with E-state index in [1.807, 2.05) is 22.8 Å². The molecule has 88 valence electrons. The summed E-state index contributed by atoms with van der Waals surface area (Å²) in [4.78, 5) is 4.25. The average Bonchev–Trinajstić information content (AvgIpc) is 2.99. The lowest BCUT2D eigenvalue weighted by atomic mass is 10.2. The molecule has 0 aliphatic heterocycles. The molecule has 2 heterocycles. The molecule has 0 atom stereocenters. The van der Waals surface area contributed by atoms with Gasteiger partial charge in [0.25, 0.3) is 0 Å². The largest absolute Gasteiger partial charge is 0.472 e. The Balaban J connectivity index is 2.18. The lowest BCUT2D eigenvalue weighted by Gasteiger charge is -2.03. The van der Waals surface area contributed by atoms with Gasteiger partial charge in [-0.25, -0.2) is 4.98 Å². The van der Waals surface area contributed by atoms with Gasteiger partial charge in [0, 0.05) is 5.56 Å². The summed E-state index contributed by atoms with van der Waals surface area (Å²) in [5, 5.41) is 9.04. The fourth-order valence-corrected chi connectivity index (χ4v) is 1.99. The van der Waals surface area contributed by atoms with Crippen LogP contribution < -0.4 is 5.73 Å². The van der Waals surface area contributed by atoms with E-state index in [-0.39, 0.29) is 0 Å². The van der Waals surface area contributed by atoms with Crippen LogP contribution in [-0.4, -0.2) is 9.55 Å². The van der Waals surface area contributed by atoms with Crippen molar-refractivity contribution in [2.24, 2.45) is 0 Å². The minimum absolute atomic E-state index is 0.397. The third kappa shape index (κ3) is 1.52. The summed E-state index contributed by atoms with van der Waals surface area (Å²) in [5.74, 6) is 0.397. The van der Waals surface area contributed by atoms with Crippen molar-refractivity contribution in [3.05, 3.63) is 47.9 Å². The van der Waals surface area contributed by atoms with Crippen molar-refractivity contribution in [2.45, 2.75) is 6.54 Å². The number of rotatable bonds is 2. The van der Waals surface area contributed by atoms with Crippen LogP contribution >= 0.6 is 0 Å². The van der Waals surface area contributed by atoms with Gasteiger partial charge in [0.05, 0.1) is 30.2 Å². The van der Waals surface area contributed by atoms with Gasteiger partial charge < -0.3 is 14.7 Å². The normalized spacial score (nSPS) is 10.6. The van der Waals surface area contributed by atoms with E-state index in [1.54, 1.807) is 18.6 Å². The van der Waals surface area contributed by atoms with E-state index in [9.17, 15) is 0 Å². The molecule has 18 heavy (non-hydrogen) atoms. The van der Waals surface area contributed by atoms with Crippen LogP contribution in [0.3, 0.4) is 0 Å². The Labute approximate surface area is 103 Å². The van der Waals surface area contributed by atoms with Gasteiger partial charge >= 0.3 is 0 Å². The Morgan fingerprint density at radius 2 is 2.28 bits per heavy atom. The molecule has 0 saturated carbocycles. The first-order chi connectivity index (χ1) is 8.79. The summed E-state index contributed by atoms with van der Waals surface area (Å²) in [5.41, 5.74) is 8.94. The van der Waals surface area contributed by atoms with E-state index in [0.29, 0.717) is 23.6 Å². The molecule has 2 aromatic heterocycles. The summed E-state index contributed by atoms with van der Waals surface area (Å²) in [7, 11) is 0. The van der Waals surface area contributed by atoms with Crippen molar-refractivity contribution in [3.63, 3.8) is 0 Å². The highest BCUT2D eigenvalue weighted by atomic mass is 16.3. The number of nitrogens with zero attached hydrogens (tertiary/aromatic N) is 3. The van der Waals surface area contributed by atoms with Gasteiger partial charge in [-0.05, 0) is 18.2 Å². The quantitative estimate of drug-likeness (QED) is 0.741. The van der Waals surface area contributed by atoms with Crippen LogP contribution in [0.2, 0.25) is 0 Å². The Hall–Kier alpha value is -2.74. The predicted molar refractivity (Wildman–Crippen MR) is 66.7 cm³/mol. The number of nitrogens with two attached hydrogens (primary N) is 1. The molecule has 2 N–H and O–H groups in total. The zero-order chi connectivity index (χ0) is 12.5. The van der Waals surface area contributed by atoms with E-state index in [0.717, 1.165) is 11.1 Å². The molecule has 0 saturated heterocycles. The van der Waals surface area contributed by atoms with Crippen molar-refractivity contribution in [2.75, 3.05) is 5.73 Å². The van der Waals surface area contributed by atoms with Crippen molar-refractivity contribution >= 4 is 17.0 Å². The van der Waals surface area contributed by atoms with Crippen LogP contribution in [-0.2, 0) is 6.54 Å². The molecule has 0 unspecified atom stereocenters. The Kier molecular flexibility index (Phi) is 2.27. The van der Waals surface area contributed by atoms with E-state index in [4.69, 9.17) is 15.4 Å². The zero-order valence-electron chi connectivity index (χ0n) is 9.50. The van der Waals surface area contributed by atoms with Gasteiger partial charge in [0.2, 0.25) is 5.95 Å². The molecule has 1 aromatic carbocycles. The Bertz CT molecular complexity index is 734. The fourth-order valence-electron chi connectivity index (χ4n) is 1.99. The Morgan fingerprint density at radius 1 is 1.39 bits per heavy atom. The van der Waals surface area contributed by atoms with Crippen molar-refractivity contribution in [1.82, 2.24) is 9.55 Å². The van der Waals surface area contributed by atoms with Gasteiger partial charge in [0.15, 0.2) is 0 Å². The van der Waals surface area contributed by atoms with Gasteiger partial charge in [-0.3, -0.25) is 0 Å². The van der Waals surface area contributed by atoms with Gasteiger partial charge in [-0.2, -0.15) is 5.26 Å². The average molecular weight is 238 g/mol. The number of fused-ring (bicyclic) bond motifs is 1. The van der Waals surface area contributed by atoms with E-state index < -0.39 is 0 Å². The van der Waals surface area contributed by atoms with E-state index in [2.05, 4.69) is 11.1 Å². The third-order valence-electron chi connectivity index (χ3n) is 2.85. The standard InChI is InChI=1S/C13H10N4O/c14-6-10-2-1-3-11-12(10)16-13(15)17(11)7-9-4-5-18-8-9/h1-5,8H,7H2,(H2,15,16). The number of hydrogen-bond acceptors (Lipinski definition) is 4. The summed E-state index contributed by atoms with van der Waals surface area (Å²) in [6.07, 6.45) is 3.28. The number of hydrogen-bond donors (Lipinski definition) is 1. The first-order valence-electron chi connectivity index (χ1n) is 5.45. The molecular formula is C13H10N4O. The maximum atomic E-state index is 9.04.